The number of ether oxygens (including phenoxy) is 2. The van der Waals surface area contributed by atoms with Gasteiger partial charge in [0.05, 0.1) is 23.7 Å². The van der Waals surface area contributed by atoms with Gasteiger partial charge in [0.2, 0.25) is 11.8 Å². The van der Waals surface area contributed by atoms with Gasteiger partial charge in [-0.15, -0.1) is 6.58 Å². The van der Waals surface area contributed by atoms with Gasteiger partial charge in [-0.2, -0.15) is 0 Å². The third kappa shape index (κ3) is 10.8. The number of hydrogen-bond acceptors (Lipinski definition) is 10. The number of sulfonamides is 1. The summed E-state index contributed by atoms with van der Waals surface area (Å²) in [5, 5.41) is 14.1. The molecule has 5 rings (SSSR count). The first-order valence-corrected chi connectivity index (χ1v) is 21.0. The first-order chi connectivity index (χ1) is 27.3. The third-order valence-electron chi connectivity index (χ3n) is 10.4. The van der Waals surface area contributed by atoms with E-state index in [-0.39, 0.29) is 62.3 Å². The van der Waals surface area contributed by atoms with Crippen molar-refractivity contribution in [3.63, 3.8) is 0 Å². The second-order valence-electron chi connectivity index (χ2n) is 16.1. The first-order valence-electron chi connectivity index (χ1n) is 19.5. The van der Waals surface area contributed by atoms with E-state index in [0.717, 1.165) is 17.7 Å². The Morgan fingerprint density at radius 3 is 2.40 bits per heavy atom. The van der Waals surface area contributed by atoms with E-state index < -0.39 is 80.9 Å². The molecule has 316 valence electrons. The van der Waals surface area contributed by atoms with Gasteiger partial charge in [-0.25, -0.2) is 27.1 Å². The zero-order valence-corrected chi connectivity index (χ0v) is 33.8. The van der Waals surface area contributed by atoms with Gasteiger partial charge in [-0.1, -0.05) is 43.5 Å². The van der Waals surface area contributed by atoms with Crippen molar-refractivity contribution in [3.05, 3.63) is 70.6 Å². The number of benzene rings is 1. The van der Waals surface area contributed by atoms with Crippen molar-refractivity contribution in [2.45, 2.75) is 128 Å². The van der Waals surface area contributed by atoms with E-state index in [2.05, 4.69) is 21.9 Å². The van der Waals surface area contributed by atoms with Gasteiger partial charge >= 0.3 is 18.2 Å². The molecule has 2 aliphatic heterocycles. The highest BCUT2D eigenvalue weighted by molar-refractivity contribution is 7.94. The molecule has 1 saturated carbocycles. The smallest absolute Gasteiger partial charge is 0.411 e. The lowest BCUT2D eigenvalue weighted by atomic mass is 10.1. The molecule has 5 amide bonds. The zero-order valence-electron chi connectivity index (χ0n) is 33.0. The number of unbranched alkanes of at least 4 members (excludes halogenated alkanes) is 4. The standard InChI is InChI=1S/C40H52FN5O11S/c1-5-26-21-40(26,36(51)44-58(54,55)32-17-12-11-16-30(32)42-33(47)18-9-7-6-8-10-19-34(48)49)43-35(50)31-20-27(23-46(31)38(53)57-39(2,3)4)56-37(52)45-22-25-14-13-15-29(41)28(25)24-45/h5,11,13-16,26-27,31H,1,6-10,12,17-24H2,2-4H3,(H,42,47)(H,43,50)(H,44,51)(H,48,49)/t26-,27-,31+,40-/m1/s1. The Morgan fingerprint density at radius 1 is 1.03 bits per heavy atom. The molecule has 4 N–H and O–H groups in total. The molecule has 1 aromatic rings. The van der Waals surface area contributed by atoms with Crippen LogP contribution in [0.1, 0.15) is 103 Å². The summed E-state index contributed by atoms with van der Waals surface area (Å²) in [6.07, 6.45) is 5.53. The molecule has 0 unspecified atom stereocenters. The minimum absolute atomic E-state index is 0.00591. The van der Waals surface area contributed by atoms with Gasteiger partial charge in [0.25, 0.3) is 15.9 Å². The van der Waals surface area contributed by atoms with E-state index >= 15 is 0 Å². The Hall–Kier alpha value is -5.26. The number of nitrogens with zero attached hydrogens (tertiary/aromatic N) is 2. The van der Waals surface area contributed by atoms with Crippen LogP contribution in [0.3, 0.4) is 0 Å². The maximum atomic E-state index is 14.4. The molecule has 18 heteroatoms. The molecule has 2 aliphatic carbocycles. The lowest BCUT2D eigenvalue weighted by Gasteiger charge is -2.29. The number of hydrogen-bond donors (Lipinski definition) is 4. The fraction of sp³-hybridized carbons (Fsp3) is 0.550. The molecular weight excluding hydrogens is 778 g/mol. The van der Waals surface area contributed by atoms with Crippen molar-refractivity contribution in [3.8, 4) is 0 Å². The van der Waals surface area contributed by atoms with E-state index in [0.29, 0.717) is 36.8 Å². The quantitative estimate of drug-likeness (QED) is 0.133. The van der Waals surface area contributed by atoms with Crippen molar-refractivity contribution in [1.29, 1.82) is 0 Å². The second kappa shape index (κ2) is 18.1. The van der Waals surface area contributed by atoms with Crippen LogP contribution in [0.15, 0.2) is 53.6 Å². The highest BCUT2D eigenvalue weighted by Gasteiger charge is 2.61. The number of aliphatic carboxylic acids is 1. The molecule has 0 spiro atoms. The number of nitrogens with one attached hydrogen (secondary N) is 3. The van der Waals surface area contributed by atoms with E-state index in [1.165, 1.54) is 23.1 Å². The molecule has 4 aliphatic rings. The number of carboxylic acid groups (broad SMARTS) is 1. The molecular formula is C40H52FN5O11S. The van der Waals surface area contributed by atoms with E-state index in [4.69, 9.17) is 14.6 Å². The Kier molecular flexibility index (Phi) is 13.7. The number of amides is 5. The number of allylic oxidation sites excluding steroid dienone is 3. The predicted octanol–water partition coefficient (Wildman–Crippen LogP) is 4.66. The molecule has 0 radical (unpaired) electrons. The van der Waals surface area contributed by atoms with Crippen LogP contribution < -0.4 is 15.4 Å². The summed E-state index contributed by atoms with van der Waals surface area (Å²) < 4.78 is 55.2. The molecule has 4 atom stereocenters. The van der Waals surface area contributed by atoms with Gasteiger partial charge in [0.1, 0.15) is 29.1 Å². The topological polar surface area (TPSA) is 218 Å². The Labute approximate surface area is 337 Å². The largest absolute Gasteiger partial charge is 0.481 e. The Morgan fingerprint density at radius 2 is 1.74 bits per heavy atom. The molecule has 16 nitrogen and oxygen atoms in total. The summed E-state index contributed by atoms with van der Waals surface area (Å²) in [5.41, 5.74) is -1.67. The summed E-state index contributed by atoms with van der Waals surface area (Å²) in [6.45, 7) is 8.52. The monoisotopic (exact) mass is 829 g/mol. The van der Waals surface area contributed by atoms with Gasteiger partial charge in [-0.3, -0.25) is 29.0 Å². The van der Waals surface area contributed by atoms with Crippen molar-refractivity contribution in [2.24, 2.45) is 5.92 Å². The van der Waals surface area contributed by atoms with Crippen LogP contribution in [0, 0.1) is 11.7 Å². The summed E-state index contributed by atoms with van der Waals surface area (Å²) in [4.78, 5) is 80.1. The van der Waals surface area contributed by atoms with Crippen LogP contribution in [-0.2, 0) is 51.8 Å². The van der Waals surface area contributed by atoms with E-state index in [1.807, 2.05) is 0 Å². The lowest BCUT2D eigenvalue weighted by Crippen LogP contribution is -2.56. The number of carboxylic acids is 1. The SMILES string of the molecule is C=C[C@@H]1C[C@]1(NC(=O)[C@@H]1C[C@@H](OC(=O)N2Cc3cccc(F)c3C2)CN1C(=O)OC(C)(C)C)C(=O)NS(=O)(=O)C1=C(NC(=O)CCCCCCCC(=O)O)C=CCC1. The van der Waals surface area contributed by atoms with Gasteiger partial charge < -0.3 is 25.2 Å². The average molecular weight is 830 g/mol. The highest BCUT2D eigenvalue weighted by Crippen LogP contribution is 2.45. The molecule has 1 aromatic carbocycles. The lowest BCUT2D eigenvalue weighted by molar-refractivity contribution is -0.137. The molecule has 2 heterocycles. The Balaban J connectivity index is 1.25. The van der Waals surface area contributed by atoms with Crippen molar-refractivity contribution < 1.29 is 56.2 Å². The maximum Gasteiger partial charge on any atom is 0.411 e. The average Bonchev–Trinajstić information content (AvgIpc) is 3.43. The van der Waals surface area contributed by atoms with Crippen LogP contribution >= 0.6 is 0 Å². The van der Waals surface area contributed by atoms with Crippen molar-refractivity contribution in [2.75, 3.05) is 6.54 Å². The van der Waals surface area contributed by atoms with Gasteiger partial charge in [0.15, 0.2) is 0 Å². The normalized spacial score (nSPS) is 22.5. The molecule has 0 aromatic heterocycles. The summed E-state index contributed by atoms with van der Waals surface area (Å²) in [5.74, 6) is -4.24. The Bertz CT molecular complexity index is 1990. The predicted molar refractivity (Wildman–Crippen MR) is 207 cm³/mol. The molecule has 58 heavy (non-hydrogen) atoms. The number of carbonyl (C=O) groups is 6. The van der Waals surface area contributed by atoms with Crippen LogP contribution in [0.2, 0.25) is 0 Å². The van der Waals surface area contributed by atoms with E-state index in [9.17, 15) is 41.6 Å². The third-order valence-corrected chi connectivity index (χ3v) is 12.0. The van der Waals surface area contributed by atoms with Crippen LogP contribution in [0.25, 0.3) is 0 Å². The minimum atomic E-state index is -4.54. The summed E-state index contributed by atoms with van der Waals surface area (Å²) >= 11 is 0. The second-order valence-corrected chi connectivity index (χ2v) is 17.8. The molecule has 1 saturated heterocycles. The number of likely N-dealkylation sites (tertiary alicyclic amines) is 1. The maximum absolute atomic E-state index is 14.4. The van der Waals surface area contributed by atoms with Gasteiger partial charge in [0, 0.05) is 37.3 Å². The van der Waals surface area contributed by atoms with Crippen LogP contribution in [0.4, 0.5) is 14.0 Å². The summed E-state index contributed by atoms with van der Waals surface area (Å²) in [6, 6.07) is 3.27. The van der Waals surface area contributed by atoms with Crippen LogP contribution in [-0.4, -0.2) is 89.0 Å². The number of halogens is 1. The molecule has 0 bridgehead atoms. The minimum Gasteiger partial charge on any atom is -0.481 e. The van der Waals surface area contributed by atoms with Crippen molar-refractivity contribution >= 4 is 45.9 Å². The molecule has 2 fully saturated rings. The van der Waals surface area contributed by atoms with E-state index in [1.54, 1.807) is 39.0 Å². The first kappa shape index (κ1) is 43.9. The fourth-order valence-electron chi connectivity index (χ4n) is 7.33. The number of fused-ring (bicyclic) bond motifs is 1. The number of carbonyl (C=O) groups excluding carboxylic acids is 5. The van der Waals surface area contributed by atoms with Crippen molar-refractivity contribution in [1.82, 2.24) is 25.2 Å². The number of rotatable bonds is 16. The van der Waals surface area contributed by atoms with Crippen LogP contribution in [0.5, 0.6) is 0 Å². The van der Waals surface area contributed by atoms with Gasteiger partial charge in [-0.05, 0) is 70.6 Å². The summed E-state index contributed by atoms with van der Waals surface area (Å²) in [7, 11) is -4.54. The zero-order chi connectivity index (χ0) is 42.4. The highest BCUT2D eigenvalue weighted by atomic mass is 32.2. The fourth-order valence-corrected chi connectivity index (χ4v) is 8.68.